The fourth-order valence-electron chi connectivity index (χ4n) is 2.71. The Morgan fingerprint density at radius 1 is 1.06 bits per heavy atom. The van der Waals surface area contributed by atoms with Crippen molar-refractivity contribution in [3.63, 3.8) is 0 Å². The summed E-state index contributed by atoms with van der Waals surface area (Å²) in [6.45, 7) is 3.84. The quantitative estimate of drug-likeness (QED) is 0.422. The van der Waals surface area contributed by atoms with E-state index in [-0.39, 0.29) is 38.6 Å². The second-order valence-electron chi connectivity index (χ2n) is 6.65. The van der Waals surface area contributed by atoms with E-state index in [0.717, 1.165) is 0 Å². The predicted octanol–water partition coefficient (Wildman–Crippen LogP) is 5.69. The van der Waals surface area contributed by atoms with Gasteiger partial charge in [0.15, 0.2) is 5.75 Å². The largest absolute Gasteiger partial charge is 0.453 e. The fourth-order valence-corrected chi connectivity index (χ4v) is 4.77. The monoisotopic (exact) mass is 513 g/mol. The zero-order valence-corrected chi connectivity index (χ0v) is 20.0. The molecule has 1 heterocycles. The molecule has 0 aliphatic rings. The number of carbonyl (C=O) groups is 1. The van der Waals surface area contributed by atoms with Crippen LogP contribution in [0.5, 0.6) is 11.5 Å². The predicted molar refractivity (Wildman–Crippen MR) is 126 cm³/mol. The van der Waals surface area contributed by atoms with E-state index in [4.69, 9.17) is 39.5 Å². The Kier molecular flexibility index (Phi) is 7.51. The molecule has 32 heavy (non-hydrogen) atoms. The first-order valence-corrected chi connectivity index (χ1v) is 11.9. The summed E-state index contributed by atoms with van der Waals surface area (Å²) in [7, 11) is -4.15. The number of sulfonamides is 1. The first kappa shape index (κ1) is 24.1. The van der Waals surface area contributed by atoms with Gasteiger partial charge in [-0.15, -0.1) is 0 Å². The maximum absolute atomic E-state index is 13.1. The molecule has 7 nitrogen and oxygen atoms in total. The summed E-state index contributed by atoms with van der Waals surface area (Å²) in [6, 6.07) is 8.58. The van der Waals surface area contributed by atoms with Crippen molar-refractivity contribution in [1.82, 2.24) is 10.3 Å². The topological polar surface area (TPSA) is 97.4 Å². The van der Waals surface area contributed by atoms with Crippen molar-refractivity contribution in [2.75, 3.05) is 11.3 Å². The molecule has 2 aromatic carbocycles. The van der Waals surface area contributed by atoms with E-state index in [1.54, 1.807) is 13.8 Å². The van der Waals surface area contributed by atoms with E-state index in [0.29, 0.717) is 22.2 Å². The van der Waals surface area contributed by atoms with Gasteiger partial charge in [0.05, 0.1) is 21.9 Å². The van der Waals surface area contributed by atoms with Crippen LogP contribution in [0.25, 0.3) is 0 Å². The molecule has 3 rings (SSSR count). The summed E-state index contributed by atoms with van der Waals surface area (Å²) in [4.78, 5) is 16.1. The lowest BCUT2D eigenvalue weighted by Crippen LogP contribution is -2.23. The van der Waals surface area contributed by atoms with Crippen LogP contribution in [0.3, 0.4) is 0 Å². The van der Waals surface area contributed by atoms with Crippen molar-refractivity contribution in [1.29, 1.82) is 0 Å². The molecule has 2 N–H and O–H groups in total. The van der Waals surface area contributed by atoms with Gasteiger partial charge >= 0.3 is 0 Å². The fraction of sp³-hybridized carbons (Fsp3) is 0.143. The highest BCUT2D eigenvalue weighted by Crippen LogP contribution is 2.35. The van der Waals surface area contributed by atoms with E-state index in [2.05, 4.69) is 15.0 Å². The van der Waals surface area contributed by atoms with Crippen LogP contribution in [0, 0.1) is 6.92 Å². The average molecular weight is 515 g/mol. The molecule has 0 atom stereocenters. The third-order valence-electron chi connectivity index (χ3n) is 4.23. The van der Waals surface area contributed by atoms with Crippen molar-refractivity contribution in [2.24, 2.45) is 0 Å². The number of benzene rings is 2. The highest BCUT2D eigenvalue weighted by molar-refractivity contribution is 7.92. The van der Waals surface area contributed by atoms with Crippen molar-refractivity contribution in [3.05, 3.63) is 75.0 Å². The Morgan fingerprint density at radius 2 is 1.81 bits per heavy atom. The maximum atomic E-state index is 13.1. The highest BCUT2D eigenvalue weighted by Gasteiger charge is 2.22. The Balaban J connectivity index is 2.06. The smallest absolute Gasteiger partial charge is 0.263 e. The van der Waals surface area contributed by atoms with Gasteiger partial charge in [0.1, 0.15) is 10.6 Å². The third-order valence-corrected chi connectivity index (χ3v) is 6.68. The number of hydrogen-bond donors (Lipinski definition) is 2. The van der Waals surface area contributed by atoms with E-state index in [9.17, 15) is 13.2 Å². The summed E-state index contributed by atoms with van der Waals surface area (Å²) in [5.74, 6) is 0.0425. The lowest BCUT2D eigenvalue weighted by atomic mass is 10.1. The lowest BCUT2D eigenvalue weighted by Gasteiger charge is -2.16. The molecule has 11 heteroatoms. The van der Waals surface area contributed by atoms with Gasteiger partial charge in [-0.25, -0.2) is 8.42 Å². The van der Waals surface area contributed by atoms with Crippen LogP contribution in [0.1, 0.15) is 22.8 Å². The van der Waals surface area contributed by atoms with Crippen molar-refractivity contribution >= 4 is 56.4 Å². The van der Waals surface area contributed by atoms with Gasteiger partial charge in [-0.05, 0) is 49.7 Å². The number of aryl methyl sites for hydroxylation is 1. The Bertz CT molecular complexity index is 1280. The molecule has 0 radical (unpaired) electrons. The van der Waals surface area contributed by atoms with Gasteiger partial charge in [0.25, 0.3) is 15.9 Å². The molecule has 0 unspecified atom stereocenters. The summed E-state index contributed by atoms with van der Waals surface area (Å²) < 4.78 is 34.5. The normalized spacial score (nSPS) is 11.2. The Morgan fingerprint density at radius 3 is 2.50 bits per heavy atom. The molecular formula is C21H18Cl3N3O4S. The second-order valence-corrected chi connectivity index (χ2v) is 9.55. The van der Waals surface area contributed by atoms with Crippen LogP contribution in [0.15, 0.2) is 53.7 Å². The van der Waals surface area contributed by atoms with Crippen molar-refractivity contribution < 1.29 is 17.9 Å². The number of rotatable bonds is 7. The number of nitrogens with zero attached hydrogens (tertiary/aromatic N) is 1. The van der Waals surface area contributed by atoms with Gasteiger partial charge in [0.2, 0.25) is 0 Å². The Hall–Kier alpha value is -2.52. The minimum Gasteiger partial charge on any atom is -0.453 e. The van der Waals surface area contributed by atoms with Gasteiger partial charge in [-0.2, -0.15) is 0 Å². The molecule has 168 valence electrons. The van der Waals surface area contributed by atoms with Crippen LogP contribution < -0.4 is 14.8 Å². The lowest BCUT2D eigenvalue weighted by molar-refractivity contribution is 0.0956. The van der Waals surface area contributed by atoms with Gasteiger partial charge in [-0.3, -0.25) is 14.5 Å². The molecule has 0 bridgehead atoms. The number of hydrogen-bond acceptors (Lipinski definition) is 5. The zero-order valence-electron chi connectivity index (χ0n) is 16.9. The van der Waals surface area contributed by atoms with Crippen LogP contribution in [0.2, 0.25) is 15.1 Å². The highest BCUT2D eigenvalue weighted by atomic mass is 35.5. The summed E-state index contributed by atoms with van der Waals surface area (Å²) >= 11 is 18.1. The summed E-state index contributed by atoms with van der Waals surface area (Å²) in [5, 5.41) is 3.29. The third kappa shape index (κ3) is 5.63. The van der Waals surface area contributed by atoms with Gasteiger partial charge in [0, 0.05) is 29.4 Å². The molecule has 0 aliphatic heterocycles. The van der Waals surface area contributed by atoms with Crippen LogP contribution in [-0.2, 0) is 10.0 Å². The molecule has 0 aliphatic carbocycles. The van der Waals surface area contributed by atoms with E-state index in [1.165, 1.54) is 48.8 Å². The molecular weight excluding hydrogens is 497 g/mol. The zero-order chi connectivity index (χ0) is 23.5. The molecule has 0 saturated heterocycles. The second kappa shape index (κ2) is 9.95. The number of amides is 1. The van der Waals surface area contributed by atoms with E-state index >= 15 is 0 Å². The van der Waals surface area contributed by atoms with Crippen molar-refractivity contribution in [2.45, 2.75) is 18.7 Å². The average Bonchev–Trinajstić information content (AvgIpc) is 2.72. The minimum atomic E-state index is -4.15. The maximum Gasteiger partial charge on any atom is 0.263 e. The number of pyridine rings is 1. The number of ether oxygens (including phenoxy) is 1. The number of nitrogens with one attached hydrogen (secondary N) is 2. The first-order valence-electron chi connectivity index (χ1n) is 9.30. The Labute approximate surface area is 200 Å². The SMILES string of the molecule is CCNC(=O)c1ccc(Oc2cncc(Cl)c2)c(NS(=O)(=O)c2cc(C)c(Cl)cc2Cl)c1. The number of anilines is 1. The van der Waals surface area contributed by atoms with Crippen LogP contribution in [0.4, 0.5) is 5.69 Å². The number of aromatic nitrogens is 1. The molecule has 3 aromatic rings. The number of carbonyl (C=O) groups excluding carboxylic acids is 1. The summed E-state index contributed by atoms with van der Waals surface area (Å²) in [5.41, 5.74) is 0.797. The summed E-state index contributed by atoms with van der Waals surface area (Å²) in [6.07, 6.45) is 2.85. The minimum absolute atomic E-state index is 0.0254. The first-order chi connectivity index (χ1) is 15.1. The molecule has 0 spiro atoms. The van der Waals surface area contributed by atoms with Crippen LogP contribution in [-0.4, -0.2) is 25.9 Å². The molecule has 0 fully saturated rings. The van der Waals surface area contributed by atoms with Crippen molar-refractivity contribution in [3.8, 4) is 11.5 Å². The van der Waals surface area contributed by atoms with Gasteiger partial charge in [-0.1, -0.05) is 34.8 Å². The van der Waals surface area contributed by atoms with Gasteiger partial charge < -0.3 is 10.1 Å². The molecule has 0 saturated carbocycles. The molecule has 1 amide bonds. The number of halogens is 3. The van der Waals surface area contributed by atoms with E-state index < -0.39 is 10.0 Å². The molecule has 1 aromatic heterocycles. The van der Waals surface area contributed by atoms with E-state index in [1.807, 2.05) is 0 Å². The van der Waals surface area contributed by atoms with Crippen LogP contribution >= 0.6 is 34.8 Å². The standard InChI is InChI=1S/C21H18Cl3N3O4S/c1-3-26-21(28)13-4-5-19(31-15-8-14(22)10-25-11-15)18(7-13)27-32(29,30)20-6-12(2)16(23)9-17(20)24/h4-11,27H,3H2,1-2H3,(H,26,28).